The number of nitrogens with zero attached hydrogens (tertiary/aromatic N) is 1. The van der Waals surface area contributed by atoms with Gasteiger partial charge in [0.25, 0.3) is 0 Å². The van der Waals surface area contributed by atoms with Crippen LogP contribution < -0.4 is 0 Å². The fraction of sp³-hybridized carbons (Fsp3) is 0.0625. The summed E-state index contributed by atoms with van der Waals surface area (Å²) in [4.78, 5) is 3.94. The van der Waals surface area contributed by atoms with Gasteiger partial charge in [-0.2, -0.15) is 0 Å². The Hall–Kier alpha value is -2.29. The highest BCUT2D eigenvalue weighted by Crippen LogP contribution is 2.17. The van der Waals surface area contributed by atoms with Crippen LogP contribution in [0.1, 0.15) is 11.1 Å². The molecule has 0 aliphatic heterocycles. The quantitative estimate of drug-likeness (QED) is 0.726. The minimum absolute atomic E-state index is 0.256. The molecule has 0 N–H and O–H groups in total. The van der Waals surface area contributed by atoms with Gasteiger partial charge in [-0.05, 0) is 60.7 Å². The molecule has 0 heterocycles. The lowest BCUT2D eigenvalue weighted by atomic mass is 10.1. The molecule has 19 heavy (non-hydrogen) atoms. The summed E-state index contributed by atoms with van der Waals surface area (Å²) in [5.74, 6) is -0.543. The lowest BCUT2D eigenvalue weighted by molar-refractivity contribution is 0.627. The molecule has 2 rings (SSSR count). The van der Waals surface area contributed by atoms with Crippen LogP contribution in [-0.4, -0.2) is 6.72 Å². The van der Waals surface area contributed by atoms with E-state index in [2.05, 4.69) is 11.7 Å². The number of aliphatic imine (C=N–C) groups is 1. The zero-order valence-corrected chi connectivity index (χ0v) is 10.3. The molecule has 0 unspecified atom stereocenters. The van der Waals surface area contributed by atoms with Crippen LogP contribution in [0.5, 0.6) is 0 Å². The molecule has 0 saturated heterocycles. The Labute approximate surface area is 110 Å². The van der Waals surface area contributed by atoms with Gasteiger partial charge in [-0.1, -0.05) is 18.2 Å². The Morgan fingerprint density at radius 2 is 1.47 bits per heavy atom. The molecule has 0 aliphatic carbocycles. The van der Waals surface area contributed by atoms with Gasteiger partial charge in [0.2, 0.25) is 0 Å². The Kier molecular flexibility index (Phi) is 4.18. The van der Waals surface area contributed by atoms with Crippen LogP contribution >= 0.6 is 0 Å². The predicted octanol–water partition coefficient (Wildman–Crippen LogP) is 4.25. The van der Waals surface area contributed by atoms with Crippen LogP contribution in [0.25, 0.3) is 5.70 Å². The molecular formula is C16H13F2N. The number of hydrogen-bond acceptors (Lipinski definition) is 1. The SMILES string of the molecule is C=N/C(=C\Cc1ccc(F)cc1)c1ccc(F)cc1. The van der Waals surface area contributed by atoms with Crippen LogP contribution in [0.3, 0.4) is 0 Å². The van der Waals surface area contributed by atoms with Gasteiger partial charge in [0.15, 0.2) is 0 Å². The van der Waals surface area contributed by atoms with Crippen molar-refractivity contribution in [2.24, 2.45) is 4.99 Å². The zero-order chi connectivity index (χ0) is 13.7. The first-order chi connectivity index (χ1) is 9.19. The van der Waals surface area contributed by atoms with Gasteiger partial charge in [-0.3, -0.25) is 4.99 Å². The first kappa shape index (κ1) is 13.1. The lowest BCUT2D eigenvalue weighted by Crippen LogP contribution is -1.86. The first-order valence-corrected chi connectivity index (χ1v) is 5.86. The second-order valence-corrected chi connectivity index (χ2v) is 4.08. The maximum Gasteiger partial charge on any atom is 0.123 e. The average Bonchev–Trinajstić information content (AvgIpc) is 2.43. The van der Waals surface area contributed by atoms with Crippen molar-refractivity contribution in [3.05, 3.63) is 77.4 Å². The van der Waals surface area contributed by atoms with E-state index in [1.54, 1.807) is 24.3 Å². The van der Waals surface area contributed by atoms with E-state index in [-0.39, 0.29) is 11.6 Å². The average molecular weight is 257 g/mol. The van der Waals surface area contributed by atoms with Gasteiger partial charge in [0.1, 0.15) is 11.6 Å². The summed E-state index contributed by atoms with van der Waals surface area (Å²) < 4.78 is 25.6. The molecule has 2 aromatic rings. The summed E-state index contributed by atoms with van der Waals surface area (Å²) in [5.41, 5.74) is 2.47. The van der Waals surface area contributed by atoms with Crippen molar-refractivity contribution < 1.29 is 8.78 Å². The molecule has 0 bridgehead atoms. The van der Waals surface area contributed by atoms with Crippen molar-refractivity contribution in [1.82, 2.24) is 0 Å². The maximum atomic E-state index is 12.8. The van der Waals surface area contributed by atoms with Crippen molar-refractivity contribution in [3.63, 3.8) is 0 Å². The minimum atomic E-state index is -0.286. The summed E-state index contributed by atoms with van der Waals surface area (Å²) in [6.07, 6.45) is 2.50. The van der Waals surface area contributed by atoms with Crippen molar-refractivity contribution >= 4 is 12.4 Å². The number of halogens is 2. The molecule has 0 aliphatic rings. The Morgan fingerprint density at radius 3 is 2.00 bits per heavy atom. The molecular weight excluding hydrogens is 244 g/mol. The molecule has 0 atom stereocenters. The summed E-state index contributed by atoms with van der Waals surface area (Å²) in [6, 6.07) is 12.3. The summed E-state index contributed by atoms with van der Waals surface area (Å²) >= 11 is 0. The maximum absolute atomic E-state index is 12.8. The largest absolute Gasteiger partial charge is 0.264 e. The van der Waals surface area contributed by atoms with E-state index in [1.165, 1.54) is 24.3 Å². The molecule has 0 amide bonds. The number of rotatable bonds is 4. The number of benzene rings is 2. The van der Waals surface area contributed by atoms with Crippen molar-refractivity contribution in [3.8, 4) is 0 Å². The third-order valence-corrected chi connectivity index (χ3v) is 2.75. The van der Waals surface area contributed by atoms with Crippen LogP contribution in [0.2, 0.25) is 0 Å². The summed E-state index contributed by atoms with van der Waals surface area (Å²) in [5, 5.41) is 0. The second kappa shape index (κ2) is 6.05. The lowest BCUT2D eigenvalue weighted by Gasteiger charge is -2.02. The third kappa shape index (κ3) is 3.58. The number of allylic oxidation sites excluding steroid dienone is 1. The molecule has 0 radical (unpaired) electrons. The van der Waals surface area contributed by atoms with Crippen molar-refractivity contribution in [2.45, 2.75) is 6.42 Å². The van der Waals surface area contributed by atoms with Gasteiger partial charge >= 0.3 is 0 Å². The number of hydrogen-bond donors (Lipinski definition) is 0. The van der Waals surface area contributed by atoms with Crippen molar-refractivity contribution in [1.29, 1.82) is 0 Å². The van der Waals surface area contributed by atoms with Gasteiger partial charge in [0, 0.05) is 0 Å². The molecule has 0 spiro atoms. The minimum Gasteiger partial charge on any atom is -0.264 e. The van der Waals surface area contributed by atoms with Crippen LogP contribution in [0, 0.1) is 11.6 Å². The molecule has 1 nitrogen and oxygen atoms in total. The van der Waals surface area contributed by atoms with E-state index in [1.807, 2.05) is 6.08 Å². The smallest absolute Gasteiger partial charge is 0.123 e. The van der Waals surface area contributed by atoms with E-state index in [0.717, 1.165) is 11.1 Å². The second-order valence-electron chi connectivity index (χ2n) is 4.08. The highest BCUT2D eigenvalue weighted by atomic mass is 19.1. The fourth-order valence-corrected chi connectivity index (χ4v) is 1.73. The Bertz CT molecular complexity index is 583. The van der Waals surface area contributed by atoms with E-state index < -0.39 is 0 Å². The highest BCUT2D eigenvalue weighted by molar-refractivity contribution is 5.68. The summed E-state index contributed by atoms with van der Waals surface area (Å²) in [6.45, 7) is 3.51. The van der Waals surface area contributed by atoms with Gasteiger partial charge in [-0.15, -0.1) is 0 Å². The monoisotopic (exact) mass is 257 g/mol. The van der Waals surface area contributed by atoms with Gasteiger partial charge < -0.3 is 0 Å². The summed E-state index contributed by atoms with van der Waals surface area (Å²) in [7, 11) is 0. The fourth-order valence-electron chi connectivity index (χ4n) is 1.73. The Morgan fingerprint density at radius 1 is 0.947 bits per heavy atom. The molecule has 0 aromatic heterocycles. The normalized spacial score (nSPS) is 11.4. The van der Waals surface area contributed by atoms with Gasteiger partial charge in [-0.25, -0.2) is 8.78 Å². The van der Waals surface area contributed by atoms with Crippen LogP contribution in [0.15, 0.2) is 59.6 Å². The molecule has 3 heteroatoms. The molecule has 0 saturated carbocycles. The zero-order valence-electron chi connectivity index (χ0n) is 10.3. The third-order valence-electron chi connectivity index (χ3n) is 2.75. The first-order valence-electron chi connectivity index (χ1n) is 5.86. The molecule has 96 valence electrons. The van der Waals surface area contributed by atoms with Gasteiger partial charge in [0.05, 0.1) is 5.70 Å². The highest BCUT2D eigenvalue weighted by Gasteiger charge is 2.00. The van der Waals surface area contributed by atoms with E-state index in [0.29, 0.717) is 12.1 Å². The standard InChI is InChI=1S/C16H13F2N/c1-19-16(13-5-9-15(18)10-6-13)11-4-12-2-7-14(17)8-3-12/h2-3,5-11H,1,4H2/b16-11-. The predicted molar refractivity (Wildman–Crippen MR) is 74.0 cm³/mol. The van der Waals surface area contributed by atoms with Crippen LogP contribution in [0.4, 0.5) is 8.78 Å². The molecule has 0 fully saturated rings. The Balaban J connectivity index is 2.17. The molecule has 2 aromatic carbocycles. The van der Waals surface area contributed by atoms with Crippen molar-refractivity contribution in [2.75, 3.05) is 0 Å². The van der Waals surface area contributed by atoms with E-state index in [4.69, 9.17) is 0 Å². The van der Waals surface area contributed by atoms with Crippen LogP contribution in [-0.2, 0) is 6.42 Å². The van der Waals surface area contributed by atoms with E-state index >= 15 is 0 Å². The van der Waals surface area contributed by atoms with E-state index in [9.17, 15) is 8.78 Å². The topological polar surface area (TPSA) is 12.4 Å².